The molecule has 0 saturated carbocycles. The maximum Gasteiger partial charge on any atom is 0.0470 e. The molecule has 0 radical (unpaired) electrons. The van der Waals surface area contributed by atoms with Gasteiger partial charge in [-0.25, -0.2) is 0 Å². The largest absolute Gasteiger partial charge is 0.329 e. The van der Waals surface area contributed by atoms with Crippen molar-refractivity contribution in [2.45, 2.75) is 38.3 Å². The molecule has 1 aliphatic rings. The van der Waals surface area contributed by atoms with Crippen LogP contribution in [0.4, 0.5) is 0 Å². The number of hydrogen-bond donors (Lipinski definition) is 1. The maximum atomic E-state index is 5.96. The van der Waals surface area contributed by atoms with E-state index in [4.69, 9.17) is 5.73 Å². The molecule has 2 atom stereocenters. The van der Waals surface area contributed by atoms with E-state index in [9.17, 15) is 0 Å². The summed E-state index contributed by atoms with van der Waals surface area (Å²) in [5.41, 5.74) is 6.18. The first-order valence-corrected chi connectivity index (χ1v) is 5.67. The summed E-state index contributed by atoms with van der Waals surface area (Å²) < 4.78 is 0. The van der Waals surface area contributed by atoms with Crippen molar-refractivity contribution in [3.8, 4) is 0 Å². The summed E-state index contributed by atoms with van der Waals surface area (Å²) in [4.78, 5) is 4.86. The minimum Gasteiger partial charge on any atom is -0.329 e. The highest BCUT2D eigenvalue weighted by Gasteiger charge is 2.40. The Hall–Kier alpha value is -0.120. The lowest BCUT2D eigenvalue weighted by molar-refractivity contribution is 0.0903. The van der Waals surface area contributed by atoms with Gasteiger partial charge < -0.3 is 10.6 Å². The molecule has 0 aromatic heterocycles. The molecule has 0 spiro atoms. The fraction of sp³-hybridized carbons (Fsp3) is 1.00. The molecule has 3 nitrogen and oxygen atoms in total. The summed E-state index contributed by atoms with van der Waals surface area (Å²) in [7, 11) is 4.40. The quantitative estimate of drug-likeness (QED) is 0.725. The SMILES string of the molecule is CCC(C)N(C)C1(CN)CCN(C)C1. The zero-order chi connectivity index (χ0) is 10.8. The van der Waals surface area contributed by atoms with E-state index < -0.39 is 0 Å². The van der Waals surface area contributed by atoms with E-state index in [0.29, 0.717) is 6.04 Å². The van der Waals surface area contributed by atoms with Gasteiger partial charge in [0, 0.05) is 24.7 Å². The molecular weight excluding hydrogens is 174 g/mol. The second-order valence-electron chi connectivity index (χ2n) is 4.78. The van der Waals surface area contributed by atoms with Gasteiger partial charge in [0.15, 0.2) is 0 Å². The average molecular weight is 199 g/mol. The molecule has 1 heterocycles. The van der Waals surface area contributed by atoms with Gasteiger partial charge in [-0.15, -0.1) is 0 Å². The van der Waals surface area contributed by atoms with E-state index in [1.165, 1.54) is 19.4 Å². The Balaban J connectivity index is 2.69. The van der Waals surface area contributed by atoms with Crippen LogP contribution in [0, 0.1) is 0 Å². The Morgan fingerprint density at radius 1 is 1.57 bits per heavy atom. The monoisotopic (exact) mass is 199 g/mol. The van der Waals surface area contributed by atoms with Crippen LogP contribution in [0.5, 0.6) is 0 Å². The highest BCUT2D eigenvalue weighted by atomic mass is 15.3. The molecule has 0 aliphatic carbocycles. The maximum absolute atomic E-state index is 5.96. The second kappa shape index (κ2) is 4.60. The van der Waals surface area contributed by atoms with Crippen molar-refractivity contribution in [1.82, 2.24) is 9.80 Å². The second-order valence-corrected chi connectivity index (χ2v) is 4.78. The fourth-order valence-corrected chi connectivity index (χ4v) is 2.40. The molecule has 0 aromatic carbocycles. The molecule has 2 unspecified atom stereocenters. The zero-order valence-electron chi connectivity index (χ0n) is 10.1. The fourth-order valence-electron chi connectivity index (χ4n) is 2.40. The van der Waals surface area contributed by atoms with Gasteiger partial charge in [0.2, 0.25) is 0 Å². The lowest BCUT2D eigenvalue weighted by Crippen LogP contribution is -2.56. The van der Waals surface area contributed by atoms with Gasteiger partial charge in [0.1, 0.15) is 0 Å². The molecule has 0 aromatic rings. The first-order valence-electron chi connectivity index (χ1n) is 5.67. The number of hydrogen-bond acceptors (Lipinski definition) is 3. The van der Waals surface area contributed by atoms with Gasteiger partial charge in [-0.2, -0.15) is 0 Å². The van der Waals surface area contributed by atoms with E-state index in [0.717, 1.165) is 13.1 Å². The summed E-state index contributed by atoms with van der Waals surface area (Å²) in [5, 5.41) is 0. The summed E-state index contributed by atoms with van der Waals surface area (Å²) in [6.07, 6.45) is 2.41. The Labute approximate surface area is 88.2 Å². The van der Waals surface area contributed by atoms with Crippen LogP contribution < -0.4 is 5.73 Å². The van der Waals surface area contributed by atoms with Crippen molar-refractivity contribution in [3.05, 3.63) is 0 Å². The van der Waals surface area contributed by atoms with Crippen molar-refractivity contribution in [2.24, 2.45) is 5.73 Å². The van der Waals surface area contributed by atoms with E-state index in [1.807, 2.05) is 0 Å². The third-order valence-corrected chi connectivity index (χ3v) is 3.90. The van der Waals surface area contributed by atoms with Crippen LogP contribution in [0.3, 0.4) is 0 Å². The molecule has 2 N–H and O–H groups in total. The third kappa shape index (κ3) is 2.10. The van der Waals surface area contributed by atoms with Crippen LogP contribution in [0.1, 0.15) is 26.7 Å². The highest BCUT2D eigenvalue weighted by Crippen LogP contribution is 2.27. The van der Waals surface area contributed by atoms with Crippen molar-refractivity contribution >= 4 is 0 Å². The highest BCUT2D eigenvalue weighted by molar-refractivity contribution is 4.99. The van der Waals surface area contributed by atoms with Gasteiger partial charge in [-0.3, -0.25) is 4.90 Å². The topological polar surface area (TPSA) is 32.5 Å². The smallest absolute Gasteiger partial charge is 0.0470 e. The number of rotatable bonds is 4. The van der Waals surface area contributed by atoms with Gasteiger partial charge in [0.05, 0.1) is 0 Å². The zero-order valence-corrected chi connectivity index (χ0v) is 10.1. The van der Waals surface area contributed by atoms with Crippen molar-refractivity contribution < 1.29 is 0 Å². The molecule has 1 fully saturated rings. The van der Waals surface area contributed by atoms with Crippen LogP contribution in [-0.2, 0) is 0 Å². The Morgan fingerprint density at radius 2 is 2.21 bits per heavy atom. The summed E-state index contributed by atoms with van der Waals surface area (Å²) in [6.45, 7) is 7.60. The van der Waals surface area contributed by atoms with Crippen LogP contribution in [-0.4, -0.2) is 55.1 Å². The summed E-state index contributed by atoms with van der Waals surface area (Å²) in [6, 6.07) is 0.630. The normalized spacial score (nSPS) is 31.3. The number of likely N-dealkylation sites (N-methyl/N-ethyl adjacent to an activating group) is 2. The molecule has 0 bridgehead atoms. The first kappa shape index (κ1) is 12.0. The summed E-state index contributed by atoms with van der Waals surface area (Å²) >= 11 is 0. The van der Waals surface area contributed by atoms with Gasteiger partial charge >= 0.3 is 0 Å². The van der Waals surface area contributed by atoms with Crippen LogP contribution in [0.2, 0.25) is 0 Å². The van der Waals surface area contributed by atoms with E-state index in [2.05, 4.69) is 37.7 Å². The molecular formula is C11H25N3. The third-order valence-electron chi connectivity index (χ3n) is 3.90. The minimum atomic E-state index is 0.226. The summed E-state index contributed by atoms with van der Waals surface area (Å²) in [5.74, 6) is 0. The van der Waals surface area contributed by atoms with Gasteiger partial charge in [-0.05, 0) is 40.4 Å². The Kier molecular flexibility index (Phi) is 3.93. The van der Waals surface area contributed by atoms with Crippen molar-refractivity contribution in [1.29, 1.82) is 0 Å². The molecule has 1 rings (SSSR count). The standard InChI is InChI=1S/C11H25N3/c1-5-10(2)14(4)11(8-12)6-7-13(3)9-11/h10H,5-9,12H2,1-4H3. The van der Waals surface area contributed by atoms with Crippen molar-refractivity contribution in [3.63, 3.8) is 0 Å². The number of likely N-dealkylation sites (tertiary alicyclic amines) is 1. The predicted molar refractivity (Wildman–Crippen MR) is 61.4 cm³/mol. The Bertz CT molecular complexity index is 183. The molecule has 1 saturated heterocycles. The number of nitrogens with two attached hydrogens (primary N) is 1. The first-order chi connectivity index (χ1) is 6.55. The van der Waals surface area contributed by atoms with E-state index in [-0.39, 0.29) is 5.54 Å². The predicted octanol–water partition coefficient (Wildman–Crippen LogP) is 0.750. The number of nitrogens with zero attached hydrogens (tertiary/aromatic N) is 2. The van der Waals surface area contributed by atoms with E-state index in [1.54, 1.807) is 0 Å². The van der Waals surface area contributed by atoms with E-state index >= 15 is 0 Å². The van der Waals surface area contributed by atoms with Crippen LogP contribution in [0.15, 0.2) is 0 Å². The van der Waals surface area contributed by atoms with Crippen LogP contribution in [0.25, 0.3) is 0 Å². The van der Waals surface area contributed by atoms with Gasteiger partial charge in [0.25, 0.3) is 0 Å². The van der Waals surface area contributed by atoms with Crippen LogP contribution >= 0.6 is 0 Å². The lowest BCUT2D eigenvalue weighted by atomic mass is 9.94. The molecule has 14 heavy (non-hydrogen) atoms. The van der Waals surface area contributed by atoms with Gasteiger partial charge in [-0.1, -0.05) is 6.92 Å². The molecule has 1 aliphatic heterocycles. The molecule has 0 amide bonds. The minimum absolute atomic E-state index is 0.226. The molecule has 3 heteroatoms. The Morgan fingerprint density at radius 3 is 2.57 bits per heavy atom. The molecule has 84 valence electrons. The van der Waals surface area contributed by atoms with Crippen molar-refractivity contribution in [2.75, 3.05) is 33.7 Å². The average Bonchev–Trinajstić information content (AvgIpc) is 2.59. The lowest BCUT2D eigenvalue weighted by Gasteiger charge is -2.41.